The van der Waals surface area contributed by atoms with Gasteiger partial charge in [0, 0.05) is 18.0 Å². The number of hydrogen-bond donors (Lipinski definition) is 1. The molecule has 30 heavy (non-hydrogen) atoms. The number of nitrogens with zero attached hydrogens (tertiary/aromatic N) is 2. The number of amides is 1. The number of thioether (sulfide) groups is 1. The first-order valence-electron chi connectivity index (χ1n) is 10.4. The van der Waals surface area contributed by atoms with Crippen molar-refractivity contribution >= 4 is 22.7 Å². The Morgan fingerprint density at radius 2 is 2.10 bits per heavy atom. The van der Waals surface area contributed by atoms with Gasteiger partial charge in [0.2, 0.25) is 5.91 Å². The zero-order chi connectivity index (χ0) is 20.7. The number of nitrogens with one attached hydrogen (secondary N) is 1. The number of piperidine rings is 1. The minimum absolute atomic E-state index is 0.0783. The smallest absolute Gasteiger partial charge is 0.245 e. The number of benzene rings is 2. The van der Waals surface area contributed by atoms with Crippen molar-refractivity contribution < 1.29 is 13.6 Å². The Labute approximate surface area is 178 Å². The molecule has 1 spiro atoms. The van der Waals surface area contributed by atoms with Gasteiger partial charge in [-0.2, -0.15) is 5.10 Å². The number of fused-ring (bicyclic) bond motifs is 2. The molecule has 156 valence electrons. The Balaban J connectivity index is 1.53. The predicted molar refractivity (Wildman–Crippen MR) is 114 cm³/mol. The third-order valence-electron chi connectivity index (χ3n) is 6.20. The maximum absolute atomic E-state index is 14.5. The van der Waals surface area contributed by atoms with Crippen molar-refractivity contribution in [1.82, 2.24) is 10.3 Å². The van der Waals surface area contributed by atoms with Gasteiger partial charge in [0.25, 0.3) is 0 Å². The van der Waals surface area contributed by atoms with Gasteiger partial charge in [-0.25, -0.2) is 13.8 Å². The zero-order valence-electron chi connectivity index (χ0n) is 16.5. The van der Waals surface area contributed by atoms with Gasteiger partial charge in [0.05, 0.1) is 0 Å². The summed E-state index contributed by atoms with van der Waals surface area (Å²) in [5, 5.41) is 9.92. The van der Waals surface area contributed by atoms with Gasteiger partial charge in [0.15, 0.2) is 0 Å². The second-order valence-electron chi connectivity index (χ2n) is 8.13. The first-order chi connectivity index (χ1) is 14.6. The van der Waals surface area contributed by atoms with Gasteiger partial charge in [0.1, 0.15) is 21.5 Å². The topological polar surface area (TPSA) is 44.7 Å². The van der Waals surface area contributed by atoms with Gasteiger partial charge >= 0.3 is 0 Å². The quantitative estimate of drug-likeness (QED) is 0.783. The zero-order valence-corrected chi connectivity index (χ0v) is 17.4. The van der Waals surface area contributed by atoms with Crippen LogP contribution in [0.5, 0.6) is 0 Å². The summed E-state index contributed by atoms with van der Waals surface area (Å²) in [5.41, 5.74) is 2.32. The number of carbonyl (C=O) groups is 1. The van der Waals surface area contributed by atoms with Crippen LogP contribution in [-0.4, -0.2) is 28.5 Å². The molecule has 0 radical (unpaired) electrons. The molecule has 0 saturated carbocycles. The van der Waals surface area contributed by atoms with Gasteiger partial charge in [-0.15, -0.1) is 0 Å². The minimum Gasteiger partial charge on any atom is -0.313 e. The fourth-order valence-electron chi connectivity index (χ4n) is 4.70. The second-order valence-corrected chi connectivity index (χ2v) is 9.40. The van der Waals surface area contributed by atoms with E-state index in [0.29, 0.717) is 17.9 Å². The van der Waals surface area contributed by atoms with Crippen LogP contribution < -0.4 is 5.32 Å². The molecule has 1 fully saturated rings. The molecule has 2 atom stereocenters. The Bertz CT molecular complexity index is 1020. The number of rotatable bonds is 3. The summed E-state index contributed by atoms with van der Waals surface area (Å²) in [6, 6.07) is 11.5. The Kier molecular flexibility index (Phi) is 5.11. The Morgan fingerprint density at radius 1 is 1.23 bits per heavy atom. The third-order valence-corrected chi connectivity index (χ3v) is 7.63. The summed E-state index contributed by atoms with van der Waals surface area (Å²) < 4.78 is 28.4. The first-order valence-corrected chi connectivity index (χ1v) is 11.3. The standard InChI is InChI=1S/C23H23F2N3OS/c24-16-8-9-20(25)18(13-16)22-27-28(21(29)14-17-6-3-4-12-26-17)23(30-22)11-10-15-5-1-2-7-19(15)23/h1-2,5,7-9,13,17,26H,3-4,6,10-12,14H2. The van der Waals surface area contributed by atoms with Crippen molar-refractivity contribution in [1.29, 1.82) is 0 Å². The summed E-state index contributed by atoms with van der Waals surface area (Å²) in [5.74, 6) is -1.13. The van der Waals surface area contributed by atoms with E-state index >= 15 is 0 Å². The summed E-state index contributed by atoms with van der Waals surface area (Å²) in [7, 11) is 0. The highest BCUT2D eigenvalue weighted by Crippen LogP contribution is 2.55. The molecule has 0 bridgehead atoms. The van der Waals surface area contributed by atoms with E-state index in [-0.39, 0.29) is 17.5 Å². The lowest BCUT2D eigenvalue weighted by molar-refractivity contribution is -0.135. The first kappa shape index (κ1) is 19.7. The number of halogens is 2. The van der Waals surface area contributed by atoms with E-state index in [1.807, 2.05) is 18.2 Å². The number of aryl methyl sites for hydroxylation is 1. The molecule has 2 aliphatic heterocycles. The van der Waals surface area contributed by atoms with Crippen LogP contribution in [0.15, 0.2) is 47.6 Å². The molecule has 3 aliphatic rings. The van der Waals surface area contributed by atoms with Gasteiger partial charge in [-0.3, -0.25) is 4.79 Å². The lowest BCUT2D eigenvalue weighted by atomic mass is 10.0. The number of hydrogen-bond acceptors (Lipinski definition) is 4. The molecule has 2 aromatic carbocycles. The molecule has 1 aliphatic carbocycles. The lowest BCUT2D eigenvalue weighted by Gasteiger charge is -2.34. The largest absolute Gasteiger partial charge is 0.313 e. The SMILES string of the molecule is O=C(CC1CCCCN1)N1N=C(c2cc(F)ccc2F)SC12CCc1ccccc12. The predicted octanol–water partition coefficient (Wildman–Crippen LogP) is 4.53. The average Bonchev–Trinajstić information content (AvgIpc) is 3.33. The highest BCUT2D eigenvalue weighted by Gasteiger charge is 2.52. The van der Waals surface area contributed by atoms with Crippen LogP contribution in [0, 0.1) is 11.6 Å². The third kappa shape index (κ3) is 3.34. The van der Waals surface area contributed by atoms with Crippen molar-refractivity contribution in [3.8, 4) is 0 Å². The minimum atomic E-state index is -0.698. The monoisotopic (exact) mass is 427 g/mol. The molecule has 2 heterocycles. The van der Waals surface area contributed by atoms with E-state index < -0.39 is 16.5 Å². The van der Waals surface area contributed by atoms with Gasteiger partial charge in [-0.05, 0) is 61.6 Å². The van der Waals surface area contributed by atoms with Crippen LogP contribution >= 0.6 is 11.8 Å². The maximum Gasteiger partial charge on any atom is 0.245 e. The summed E-state index contributed by atoms with van der Waals surface area (Å²) in [6.07, 6.45) is 5.07. The van der Waals surface area contributed by atoms with Crippen molar-refractivity contribution in [3.63, 3.8) is 0 Å². The summed E-state index contributed by atoms with van der Waals surface area (Å²) in [6.45, 7) is 0.920. The van der Waals surface area contributed by atoms with Crippen LogP contribution in [-0.2, 0) is 16.1 Å². The molecule has 4 nitrogen and oxygen atoms in total. The molecule has 2 aromatic rings. The normalized spacial score (nSPS) is 25.5. The highest BCUT2D eigenvalue weighted by molar-refractivity contribution is 8.15. The maximum atomic E-state index is 14.5. The van der Waals surface area contributed by atoms with Crippen molar-refractivity contribution in [2.24, 2.45) is 5.10 Å². The molecular weight excluding hydrogens is 404 g/mol. The molecule has 7 heteroatoms. The van der Waals surface area contributed by atoms with E-state index in [4.69, 9.17) is 0 Å². The fraction of sp³-hybridized carbons (Fsp3) is 0.391. The Morgan fingerprint density at radius 3 is 2.93 bits per heavy atom. The van der Waals surface area contributed by atoms with Crippen molar-refractivity contribution in [3.05, 3.63) is 70.8 Å². The second kappa shape index (κ2) is 7.78. The van der Waals surface area contributed by atoms with Crippen LogP contribution in [0.2, 0.25) is 0 Å². The summed E-state index contributed by atoms with van der Waals surface area (Å²) >= 11 is 1.37. The number of carbonyl (C=O) groups excluding carboxylic acids is 1. The summed E-state index contributed by atoms with van der Waals surface area (Å²) in [4.78, 5) is 12.7. The molecule has 1 amide bonds. The van der Waals surface area contributed by atoms with Crippen LogP contribution in [0.1, 0.15) is 48.8 Å². The molecule has 1 saturated heterocycles. The van der Waals surface area contributed by atoms with E-state index in [2.05, 4.69) is 16.5 Å². The van der Waals surface area contributed by atoms with Crippen LogP contribution in [0.3, 0.4) is 0 Å². The van der Waals surface area contributed by atoms with E-state index in [1.54, 1.807) is 5.01 Å². The van der Waals surface area contributed by atoms with Crippen molar-refractivity contribution in [2.75, 3.05) is 6.54 Å². The molecule has 2 unspecified atom stereocenters. The van der Waals surface area contributed by atoms with Crippen LogP contribution in [0.4, 0.5) is 8.78 Å². The fourth-order valence-corrected chi connectivity index (χ4v) is 6.15. The number of hydrazone groups is 1. The average molecular weight is 428 g/mol. The van der Waals surface area contributed by atoms with Gasteiger partial charge < -0.3 is 5.32 Å². The van der Waals surface area contributed by atoms with Gasteiger partial charge in [-0.1, -0.05) is 42.4 Å². The molecular formula is C23H23F2N3OS. The molecule has 0 aromatic heterocycles. The van der Waals surface area contributed by atoms with E-state index in [1.165, 1.54) is 17.3 Å². The highest BCUT2D eigenvalue weighted by atomic mass is 32.2. The van der Waals surface area contributed by atoms with Crippen molar-refractivity contribution in [2.45, 2.75) is 49.4 Å². The van der Waals surface area contributed by atoms with Crippen LogP contribution in [0.25, 0.3) is 0 Å². The Hall–Kier alpha value is -2.25. The lowest BCUT2D eigenvalue weighted by Crippen LogP contribution is -2.44. The molecule has 5 rings (SSSR count). The van der Waals surface area contributed by atoms with E-state index in [0.717, 1.165) is 56.0 Å². The van der Waals surface area contributed by atoms with E-state index in [9.17, 15) is 13.6 Å². The molecule has 1 N–H and O–H groups in total.